The number of aliphatic hydroxyl groups is 1. The monoisotopic (exact) mass is 201 g/mol. The quantitative estimate of drug-likeness (QED) is 0.717. The SMILES string of the molecule is CC(C)C(C)NCC1(O)CCOCC1. The molecule has 1 heterocycles. The molecule has 1 atom stereocenters. The molecule has 1 fully saturated rings. The molecule has 0 spiro atoms. The normalized spacial score (nSPS) is 23.8. The molecule has 1 rings (SSSR count). The third-order valence-corrected chi connectivity index (χ3v) is 3.18. The summed E-state index contributed by atoms with van der Waals surface area (Å²) in [5, 5.41) is 13.5. The summed E-state index contributed by atoms with van der Waals surface area (Å²) < 4.78 is 5.23. The largest absolute Gasteiger partial charge is 0.388 e. The fourth-order valence-corrected chi connectivity index (χ4v) is 1.51. The Balaban J connectivity index is 2.28. The highest BCUT2D eigenvalue weighted by Crippen LogP contribution is 2.19. The van der Waals surface area contributed by atoms with Gasteiger partial charge < -0.3 is 15.2 Å². The van der Waals surface area contributed by atoms with Crippen molar-refractivity contribution in [2.75, 3.05) is 19.8 Å². The summed E-state index contributed by atoms with van der Waals surface area (Å²) in [4.78, 5) is 0. The van der Waals surface area contributed by atoms with Crippen LogP contribution in [0.15, 0.2) is 0 Å². The summed E-state index contributed by atoms with van der Waals surface area (Å²) in [7, 11) is 0. The molecule has 3 nitrogen and oxygen atoms in total. The number of hydrogen-bond acceptors (Lipinski definition) is 3. The van der Waals surface area contributed by atoms with Gasteiger partial charge in [0.2, 0.25) is 0 Å². The summed E-state index contributed by atoms with van der Waals surface area (Å²) in [6.45, 7) is 8.60. The molecule has 0 aromatic heterocycles. The average Bonchev–Trinajstić information content (AvgIpc) is 2.15. The first-order valence-electron chi connectivity index (χ1n) is 5.57. The average molecular weight is 201 g/mol. The first-order chi connectivity index (χ1) is 6.53. The Labute approximate surface area is 86.8 Å². The van der Waals surface area contributed by atoms with Crippen molar-refractivity contribution in [2.24, 2.45) is 5.92 Å². The van der Waals surface area contributed by atoms with E-state index in [9.17, 15) is 5.11 Å². The van der Waals surface area contributed by atoms with E-state index >= 15 is 0 Å². The maximum Gasteiger partial charge on any atom is 0.0815 e. The molecular weight excluding hydrogens is 178 g/mol. The van der Waals surface area contributed by atoms with Gasteiger partial charge in [0.25, 0.3) is 0 Å². The fraction of sp³-hybridized carbons (Fsp3) is 1.00. The fourth-order valence-electron chi connectivity index (χ4n) is 1.51. The van der Waals surface area contributed by atoms with Gasteiger partial charge in [0, 0.05) is 38.6 Å². The van der Waals surface area contributed by atoms with Crippen LogP contribution < -0.4 is 5.32 Å². The first kappa shape index (κ1) is 12.0. The zero-order valence-electron chi connectivity index (χ0n) is 9.55. The van der Waals surface area contributed by atoms with Gasteiger partial charge in [-0.3, -0.25) is 0 Å². The van der Waals surface area contributed by atoms with Crippen LogP contribution >= 0.6 is 0 Å². The summed E-state index contributed by atoms with van der Waals surface area (Å²) in [5.74, 6) is 0.610. The Kier molecular flexibility index (Phi) is 4.35. The highest BCUT2D eigenvalue weighted by atomic mass is 16.5. The Morgan fingerprint density at radius 3 is 2.36 bits per heavy atom. The smallest absolute Gasteiger partial charge is 0.0815 e. The maximum atomic E-state index is 10.2. The van der Waals surface area contributed by atoms with E-state index in [1.165, 1.54) is 0 Å². The van der Waals surface area contributed by atoms with E-state index < -0.39 is 5.60 Å². The molecule has 0 aromatic carbocycles. The van der Waals surface area contributed by atoms with E-state index in [-0.39, 0.29) is 0 Å². The van der Waals surface area contributed by atoms with Crippen LogP contribution in [-0.4, -0.2) is 36.5 Å². The Hall–Kier alpha value is -0.120. The van der Waals surface area contributed by atoms with Crippen molar-refractivity contribution in [3.8, 4) is 0 Å². The van der Waals surface area contributed by atoms with Crippen molar-refractivity contribution >= 4 is 0 Å². The molecule has 84 valence electrons. The minimum absolute atomic E-state index is 0.460. The van der Waals surface area contributed by atoms with Crippen LogP contribution in [0.4, 0.5) is 0 Å². The van der Waals surface area contributed by atoms with Crippen molar-refractivity contribution in [1.82, 2.24) is 5.32 Å². The van der Waals surface area contributed by atoms with E-state index in [4.69, 9.17) is 4.74 Å². The lowest BCUT2D eigenvalue weighted by atomic mass is 9.93. The Morgan fingerprint density at radius 2 is 1.86 bits per heavy atom. The van der Waals surface area contributed by atoms with Crippen LogP contribution in [0.1, 0.15) is 33.6 Å². The molecule has 0 saturated carbocycles. The summed E-state index contributed by atoms with van der Waals surface area (Å²) in [5.41, 5.74) is -0.540. The zero-order chi connectivity index (χ0) is 10.6. The van der Waals surface area contributed by atoms with Gasteiger partial charge in [-0.2, -0.15) is 0 Å². The second-order valence-electron chi connectivity index (χ2n) is 4.75. The topological polar surface area (TPSA) is 41.5 Å². The van der Waals surface area contributed by atoms with Gasteiger partial charge in [-0.15, -0.1) is 0 Å². The highest BCUT2D eigenvalue weighted by molar-refractivity contribution is 4.84. The molecule has 1 unspecified atom stereocenters. The second kappa shape index (κ2) is 5.10. The van der Waals surface area contributed by atoms with Gasteiger partial charge in [0.05, 0.1) is 5.60 Å². The van der Waals surface area contributed by atoms with Gasteiger partial charge in [-0.25, -0.2) is 0 Å². The van der Waals surface area contributed by atoms with Crippen LogP contribution in [0.3, 0.4) is 0 Å². The van der Waals surface area contributed by atoms with Crippen molar-refractivity contribution in [3.63, 3.8) is 0 Å². The molecule has 1 saturated heterocycles. The van der Waals surface area contributed by atoms with Crippen LogP contribution in [0, 0.1) is 5.92 Å². The van der Waals surface area contributed by atoms with Gasteiger partial charge in [0.1, 0.15) is 0 Å². The molecule has 2 N–H and O–H groups in total. The zero-order valence-corrected chi connectivity index (χ0v) is 9.55. The number of rotatable bonds is 4. The van der Waals surface area contributed by atoms with E-state index in [1.807, 2.05) is 0 Å². The predicted octanol–water partition coefficient (Wildman–Crippen LogP) is 1.16. The number of hydrogen-bond donors (Lipinski definition) is 2. The van der Waals surface area contributed by atoms with Gasteiger partial charge in [0.15, 0.2) is 0 Å². The molecule has 0 radical (unpaired) electrons. The first-order valence-corrected chi connectivity index (χ1v) is 5.57. The van der Waals surface area contributed by atoms with E-state index in [0.29, 0.717) is 31.7 Å². The van der Waals surface area contributed by atoms with Crippen LogP contribution in [0.2, 0.25) is 0 Å². The molecular formula is C11H23NO2. The summed E-state index contributed by atoms with van der Waals surface area (Å²) >= 11 is 0. The van der Waals surface area contributed by atoms with Crippen molar-refractivity contribution in [1.29, 1.82) is 0 Å². The lowest BCUT2D eigenvalue weighted by Gasteiger charge is -2.33. The lowest BCUT2D eigenvalue weighted by molar-refractivity contribution is -0.0630. The molecule has 0 aliphatic carbocycles. The summed E-state index contributed by atoms with van der Waals surface area (Å²) in [6.07, 6.45) is 1.51. The highest BCUT2D eigenvalue weighted by Gasteiger charge is 2.29. The molecule has 0 bridgehead atoms. The van der Waals surface area contributed by atoms with E-state index in [2.05, 4.69) is 26.1 Å². The summed E-state index contributed by atoms with van der Waals surface area (Å²) in [6, 6.07) is 0.460. The molecule has 0 amide bonds. The van der Waals surface area contributed by atoms with Crippen molar-refractivity contribution in [2.45, 2.75) is 45.3 Å². The number of nitrogens with one attached hydrogen (secondary N) is 1. The van der Waals surface area contributed by atoms with Crippen LogP contribution in [0.25, 0.3) is 0 Å². The number of ether oxygens (including phenoxy) is 1. The second-order valence-corrected chi connectivity index (χ2v) is 4.75. The van der Waals surface area contributed by atoms with Gasteiger partial charge in [-0.05, 0) is 12.8 Å². The molecule has 1 aliphatic heterocycles. The Morgan fingerprint density at radius 1 is 1.29 bits per heavy atom. The van der Waals surface area contributed by atoms with Crippen molar-refractivity contribution in [3.05, 3.63) is 0 Å². The van der Waals surface area contributed by atoms with E-state index in [0.717, 1.165) is 12.8 Å². The third kappa shape index (κ3) is 3.56. The minimum Gasteiger partial charge on any atom is -0.388 e. The maximum absolute atomic E-state index is 10.2. The van der Waals surface area contributed by atoms with Crippen LogP contribution in [-0.2, 0) is 4.74 Å². The van der Waals surface area contributed by atoms with Crippen LogP contribution in [0.5, 0.6) is 0 Å². The van der Waals surface area contributed by atoms with Crippen molar-refractivity contribution < 1.29 is 9.84 Å². The lowest BCUT2D eigenvalue weighted by Crippen LogP contribution is -2.48. The van der Waals surface area contributed by atoms with Gasteiger partial charge in [-0.1, -0.05) is 13.8 Å². The molecule has 0 aromatic rings. The standard InChI is InChI=1S/C11H23NO2/c1-9(2)10(3)12-8-11(13)4-6-14-7-5-11/h9-10,12-13H,4-8H2,1-3H3. The molecule has 14 heavy (non-hydrogen) atoms. The minimum atomic E-state index is -0.540. The molecule has 3 heteroatoms. The molecule has 1 aliphatic rings. The van der Waals surface area contributed by atoms with E-state index in [1.54, 1.807) is 0 Å². The van der Waals surface area contributed by atoms with Gasteiger partial charge >= 0.3 is 0 Å². The predicted molar refractivity (Wildman–Crippen MR) is 57.3 cm³/mol. The Bertz CT molecular complexity index is 165. The third-order valence-electron chi connectivity index (χ3n) is 3.18.